The van der Waals surface area contributed by atoms with E-state index in [0.29, 0.717) is 24.9 Å². The Morgan fingerprint density at radius 1 is 1.16 bits per heavy atom. The summed E-state index contributed by atoms with van der Waals surface area (Å²) in [6.45, 7) is 4.27. The van der Waals surface area contributed by atoms with Gasteiger partial charge in [-0.15, -0.1) is 0 Å². The van der Waals surface area contributed by atoms with Gasteiger partial charge in [-0.1, -0.05) is 12.1 Å². The van der Waals surface area contributed by atoms with Crippen molar-refractivity contribution in [1.82, 2.24) is 9.80 Å². The Morgan fingerprint density at radius 2 is 2.00 bits per heavy atom. The molecule has 2 atom stereocenters. The molecule has 4 nitrogen and oxygen atoms in total. The summed E-state index contributed by atoms with van der Waals surface area (Å²) in [7, 11) is 0. The summed E-state index contributed by atoms with van der Waals surface area (Å²) in [5.41, 5.74) is 0.888. The highest BCUT2D eigenvalue weighted by atomic mass is 19.1. The first kappa shape index (κ1) is 17.0. The van der Waals surface area contributed by atoms with Gasteiger partial charge in [0.25, 0.3) is 0 Å². The van der Waals surface area contributed by atoms with Crippen LogP contribution >= 0.6 is 0 Å². The highest BCUT2D eigenvalue weighted by Gasteiger charge is 2.42. The third-order valence-electron chi connectivity index (χ3n) is 6.07. The van der Waals surface area contributed by atoms with Gasteiger partial charge in [0.05, 0.1) is 0 Å². The minimum Gasteiger partial charge on any atom is -0.381 e. The number of amides is 1. The SMILES string of the molecule is O=C1CCC[C@@H]2CN(C3CCOCC3)C[C@@H]2N1Cc1cccc(F)c1. The Bertz CT molecular complexity index is 617. The monoisotopic (exact) mass is 346 g/mol. The maximum absolute atomic E-state index is 13.5. The maximum Gasteiger partial charge on any atom is 0.223 e. The predicted molar refractivity (Wildman–Crippen MR) is 93.5 cm³/mol. The molecule has 136 valence electrons. The second-order valence-electron chi connectivity index (χ2n) is 7.67. The van der Waals surface area contributed by atoms with Crippen molar-refractivity contribution in [2.75, 3.05) is 26.3 Å². The standard InChI is InChI=1S/C20H27FN2O2/c21-17-5-1-3-15(11-17)12-23-19-14-22(18-7-9-25-10-8-18)13-16(19)4-2-6-20(23)24/h1,3,5,11,16,18-19H,2,4,6-10,12-14H2/t16-,19+/m1/s1. The van der Waals surface area contributed by atoms with Crippen molar-refractivity contribution < 1.29 is 13.9 Å². The lowest BCUT2D eigenvalue weighted by Gasteiger charge is -2.33. The third-order valence-corrected chi connectivity index (χ3v) is 6.07. The van der Waals surface area contributed by atoms with Crippen LogP contribution < -0.4 is 0 Å². The highest BCUT2D eigenvalue weighted by Crippen LogP contribution is 2.34. The van der Waals surface area contributed by atoms with E-state index >= 15 is 0 Å². The van der Waals surface area contributed by atoms with Gasteiger partial charge >= 0.3 is 0 Å². The van der Waals surface area contributed by atoms with Crippen LogP contribution in [0.1, 0.15) is 37.7 Å². The van der Waals surface area contributed by atoms with E-state index in [1.807, 2.05) is 11.0 Å². The molecule has 3 aliphatic heterocycles. The molecule has 3 fully saturated rings. The van der Waals surface area contributed by atoms with E-state index in [4.69, 9.17) is 4.74 Å². The lowest BCUT2D eigenvalue weighted by Crippen LogP contribution is -2.44. The van der Waals surface area contributed by atoms with Crippen LogP contribution in [-0.4, -0.2) is 54.1 Å². The number of carbonyl (C=O) groups is 1. The van der Waals surface area contributed by atoms with Crippen molar-refractivity contribution >= 4 is 5.91 Å². The fourth-order valence-corrected chi connectivity index (χ4v) is 4.75. The number of hydrogen-bond acceptors (Lipinski definition) is 3. The van der Waals surface area contributed by atoms with Crippen molar-refractivity contribution in [3.63, 3.8) is 0 Å². The van der Waals surface area contributed by atoms with E-state index in [1.165, 1.54) is 6.07 Å². The van der Waals surface area contributed by atoms with Crippen molar-refractivity contribution in [1.29, 1.82) is 0 Å². The highest BCUT2D eigenvalue weighted by molar-refractivity contribution is 5.77. The van der Waals surface area contributed by atoms with E-state index in [2.05, 4.69) is 4.90 Å². The van der Waals surface area contributed by atoms with Gasteiger partial charge in [-0.25, -0.2) is 4.39 Å². The van der Waals surface area contributed by atoms with E-state index in [-0.39, 0.29) is 17.8 Å². The normalized spacial score (nSPS) is 28.8. The van der Waals surface area contributed by atoms with Crippen molar-refractivity contribution in [3.05, 3.63) is 35.6 Å². The average molecular weight is 346 g/mol. The Balaban J connectivity index is 1.51. The second-order valence-corrected chi connectivity index (χ2v) is 7.67. The fourth-order valence-electron chi connectivity index (χ4n) is 4.75. The lowest BCUT2D eigenvalue weighted by molar-refractivity contribution is -0.133. The van der Waals surface area contributed by atoms with Crippen LogP contribution in [0.5, 0.6) is 0 Å². The first-order chi connectivity index (χ1) is 12.2. The molecule has 0 spiro atoms. The molecule has 0 aromatic heterocycles. The summed E-state index contributed by atoms with van der Waals surface area (Å²) in [6, 6.07) is 7.51. The molecule has 1 amide bonds. The maximum atomic E-state index is 13.5. The van der Waals surface area contributed by atoms with Crippen LogP contribution in [-0.2, 0) is 16.1 Å². The zero-order valence-corrected chi connectivity index (χ0v) is 14.7. The van der Waals surface area contributed by atoms with E-state index in [1.54, 1.807) is 12.1 Å². The molecule has 3 saturated heterocycles. The molecule has 4 rings (SSSR count). The number of carbonyl (C=O) groups excluding carboxylic acids is 1. The molecule has 1 aromatic rings. The van der Waals surface area contributed by atoms with Crippen molar-refractivity contribution in [3.8, 4) is 0 Å². The molecule has 5 heteroatoms. The zero-order valence-electron chi connectivity index (χ0n) is 14.7. The van der Waals surface area contributed by atoms with Crippen molar-refractivity contribution in [2.24, 2.45) is 5.92 Å². The van der Waals surface area contributed by atoms with Crippen LogP contribution in [0.3, 0.4) is 0 Å². The predicted octanol–water partition coefficient (Wildman–Crippen LogP) is 2.82. The quantitative estimate of drug-likeness (QED) is 0.844. The van der Waals surface area contributed by atoms with Gasteiger partial charge in [0.2, 0.25) is 5.91 Å². The summed E-state index contributed by atoms with van der Waals surface area (Å²) in [6.07, 6.45) is 4.91. The molecular formula is C20H27FN2O2. The molecule has 3 aliphatic rings. The van der Waals surface area contributed by atoms with Gasteiger partial charge in [-0.3, -0.25) is 9.69 Å². The summed E-state index contributed by atoms with van der Waals surface area (Å²) in [5, 5.41) is 0. The molecule has 0 radical (unpaired) electrons. The Hall–Kier alpha value is -1.46. The van der Waals surface area contributed by atoms with E-state index in [9.17, 15) is 9.18 Å². The number of benzene rings is 1. The minimum atomic E-state index is -0.230. The van der Waals surface area contributed by atoms with Crippen LogP contribution in [0.2, 0.25) is 0 Å². The molecule has 3 heterocycles. The number of hydrogen-bond donors (Lipinski definition) is 0. The summed E-state index contributed by atoms with van der Waals surface area (Å²) < 4.78 is 19.0. The van der Waals surface area contributed by atoms with Crippen LogP contribution in [0.25, 0.3) is 0 Å². The van der Waals surface area contributed by atoms with E-state index < -0.39 is 0 Å². The number of fused-ring (bicyclic) bond motifs is 1. The fraction of sp³-hybridized carbons (Fsp3) is 0.650. The summed E-state index contributed by atoms with van der Waals surface area (Å²) in [4.78, 5) is 17.3. The Morgan fingerprint density at radius 3 is 2.80 bits per heavy atom. The third kappa shape index (κ3) is 3.72. The molecule has 1 aromatic carbocycles. The van der Waals surface area contributed by atoms with Crippen LogP contribution in [0.4, 0.5) is 4.39 Å². The first-order valence-corrected chi connectivity index (χ1v) is 9.56. The molecule has 0 N–H and O–H groups in total. The van der Waals surface area contributed by atoms with Gasteiger partial charge in [0.15, 0.2) is 0 Å². The van der Waals surface area contributed by atoms with Crippen LogP contribution in [0, 0.1) is 11.7 Å². The molecule has 0 saturated carbocycles. The van der Waals surface area contributed by atoms with Crippen LogP contribution in [0.15, 0.2) is 24.3 Å². The number of nitrogens with zero attached hydrogens (tertiary/aromatic N) is 2. The Labute approximate surface area is 148 Å². The zero-order chi connectivity index (χ0) is 17.2. The molecule has 0 unspecified atom stereocenters. The van der Waals surface area contributed by atoms with Gasteiger partial charge in [0, 0.05) is 51.4 Å². The number of ether oxygens (including phenoxy) is 1. The van der Waals surface area contributed by atoms with Gasteiger partial charge < -0.3 is 9.64 Å². The van der Waals surface area contributed by atoms with Gasteiger partial charge in [-0.05, 0) is 49.3 Å². The summed E-state index contributed by atoms with van der Waals surface area (Å²) in [5.74, 6) is 0.542. The van der Waals surface area contributed by atoms with Gasteiger partial charge in [-0.2, -0.15) is 0 Å². The van der Waals surface area contributed by atoms with E-state index in [0.717, 1.165) is 57.6 Å². The molecular weight excluding hydrogens is 319 g/mol. The number of likely N-dealkylation sites (tertiary alicyclic amines) is 2. The molecule has 0 bridgehead atoms. The lowest BCUT2D eigenvalue weighted by atomic mass is 9.98. The first-order valence-electron chi connectivity index (χ1n) is 9.56. The number of rotatable bonds is 3. The minimum absolute atomic E-state index is 0.227. The molecule has 25 heavy (non-hydrogen) atoms. The molecule has 0 aliphatic carbocycles. The second kappa shape index (κ2) is 7.42. The van der Waals surface area contributed by atoms with Crippen molar-refractivity contribution in [2.45, 2.75) is 50.7 Å². The summed E-state index contributed by atoms with van der Waals surface area (Å²) >= 11 is 0. The number of halogens is 1. The Kier molecular flexibility index (Phi) is 5.04. The van der Waals surface area contributed by atoms with Gasteiger partial charge in [0.1, 0.15) is 5.82 Å². The topological polar surface area (TPSA) is 32.8 Å². The largest absolute Gasteiger partial charge is 0.381 e. The smallest absolute Gasteiger partial charge is 0.223 e. The average Bonchev–Trinajstić information content (AvgIpc) is 2.98.